The summed E-state index contributed by atoms with van der Waals surface area (Å²) in [5.41, 5.74) is 0.687. The summed E-state index contributed by atoms with van der Waals surface area (Å²) >= 11 is 0. The lowest BCUT2D eigenvalue weighted by molar-refractivity contribution is -0.114. The van der Waals surface area contributed by atoms with E-state index in [9.17, 15) is 9.59 Å². The molecule has 8 heteroatoms. The van der Waals surface area contributed by atoms with Gasteiger partial charge in [-0.15, -0.1) is 0 Å². The fraction of sp³-hybridized carbons (Fsp3) is 0.474. The van der Waals surface area contributed by atoms with Crippen LogP contribution in [0.25, 0.3) is 0 Å². The molecule has 1 aromatic heterocycles. The number of aromatic nitrogens is 2. The second kappa shape index (κ2) is 8.20. The summed E-state index contributed by atoms with van der Waals surface area (Å²) in [4.78, 5) is 29.5. The van der Waals surface area contributed by atoms with Gasteiger partial charge in [0, 0.05) is 25.7 Å². The minimum absolute atomic E-state index is 0.00379. The number of benzene rings is 1. The highest BCUT2D eigenvalue weighted by atomic mass is 16.5. The van der Waals surface area contributed by atoms with Crippen LogP contribution in [-0.4, -0.2) is 39.9 Å². The molecule has 27 heavy (non-hydrogen) atoms. The van der Waals surface area contributed by atoms with Crippen molar-refractivity contribution in [2.24, 2.45) is 11.8 Å². The summed E-state index contributed by atoms with van der Waals surface area (Å²) in [5.74, 6) is 1.46. The molecule has 0 radical (unpaired) electrons. The fourth-order valence-corrected chi connectivity index (χ4v) is 3.35. The Morgan fingerprint density at radius 2 is 1.89 bits per heavy atom. The normalized spacial score (nSPS) is 19.6. The Hall–Kier alpha value is -2.90. The number of nitrogens with zero attached hydrogens (tertiary/aromatic N) is 3. The number of carbonyl (C=O) groups is 2. The van der Waals surface area contributed by atoms with Gasteiger partial charge in [-0.25, -0.2) is 0 Å². The van der Waals surface area contributed by atoms with Gasteiger partial charge in [-0.2, -0.15) is 4.98 Å². The Balaban J connectivity index is 1.56. The molecule has 1 saturated heterocycles. The number of amides is 2. The van der Waals surface area contributed by atoms with Crippen molar-refractivity contribution in [3.63, 3.8) is 0 Å². The Labute approximate surface area is 157 Å². The third-order valence-electron chi connectivity index (χ3n) is 4.35. The summed E-state index contributed by atoms with van der Waals surface area (Å²) in [6.45, 7) is 7.23. The maximum absolute atomic E-state index is 12.6. The maximum Gasteiger partial charge on any atom is 0.316 e. The first-order valence-corrected chi connectivity index (χ1v) is 9.03. The molecule has 144 valence electrons. The van der Waals surface area contributed by atoms with Crippen molar-refractivity contribution in [3.05, 3.63) is 36.0 Å². The highest BCUT2D eigenvalue weighted by Crippen LogP contribution is 2.22. The third kappa shape index (κ3) is 5.06. The van der Waals surface area contributed by atoms with Crippen molar-refractivity contribution < 1.29 is 18.8 Å². The lowest BCUT2D eigenvalue weighted by Gasteiger charge is -2.33. The van der Waals surface area contributed by atoms with Crippen molar-refractivity contribution in [1.29, 1.82) is 0 Å². The highest BCUT2D eigenvalue weighted by Gasteiger charge is 2.29. The standard InChI is InChI=1S/C19H24N4O4/c1-12-8-13(2)10-23(9-12)19(25)18-21-17(22-27-18)11-26-16-6-4-15(5-7-16)20-14(3)24/h4-7,12-13H,8-11H2,1-3H3,(H,20,24). The highest BCUT2D eigenvalue weighted by molar-refractivity contribution is 5.89. The number of rotatable bonds is 5. The molecular weight excluding hydrogens is 348 g/mol. The van der Waals surface area contributed by atoms with Crippen LogP contribution in [0.3, 0.4) is 0 Å². The number of ether oxygens (including phenoxy) is 1. The minimum Gasteiger partial charge on any atom is -0.485 e. The van der Waals surface area contributed by atoms with Crippen molar-refractivity contribution >= 4 is 17.5 Å². The third-order valence-corrected chi connectivity index (χ3v) is 4.35. The number of hydrogen-bond acceptors (Lipinski definition) is 6. The van der Waals surface area contributed by atoms with Crippen LogP contribution in [0.5, 0.6) is 5.75 Å². The number of anilines is 1. The Bertz CT molecular complexity index is 792. The van der Waals surface area contributed by atoms with Gasteiger partial charge in [-0.05, 0) is 42.5 Å². The largest absolute Gasteiger partial charge is 0.485 e. The maximum atomic E-state index is 12.6. The molecule has 2 aromatic rings. The molecule has 1 aliphatic heterocycles. The molecule has 1 aromatic carbocycles. The summed E-state index contributed by atoms with van der Waals surface area (Å²) in [6, 6.07) is 6.93. The molecule has 0 spiro atoms. The average Bonchev–Trinajstić information content (AvgIpc) is 3.08. The van der Waals surface area contributed by atoms with Gasteiger partial charge in [0.05, 0.1) is 0 Å². The zero-order valence-electron chi connectivity index (χ0n) is 15.8. The molecular formula is C19H24N4O4. The van der Waals surface area contributed by atoms with E-state index in [0.29, 0.717) is 42.2 Å². The molecule has 2 amide bonds. The summed E-state index contributed by atoms with van der Waals surface area (Å²) in [5, 5.41) is 6.51. The van der Waals surface area contributed by atoms with Crippen LogP contribution in [0.2, 0.25) is 0 Å². The predicted molar refractivity (Wildman–Crippen MR) is 98.2 cm³/mol. The van der Waals surface area contributed by atoms with E-state index in [0.717, 1.165) is 6.42 Å². The van der Waals surface area contributed by atoms with Crippen molar-refractivity contribution in [1.82, 2.24) is 15.0 Å². The van der Waals surface area contributed by atoms with Gasteiger partial charge >= 0.3 is 11.8 Å². The average molecular weight is 372 g/mol. The first-order valence-electron chi connectivity index (χ1n) is 9.03. The molecule has 1 fully saturated rings. The summed E-state index contributed by atoms with van der Waals surface area (Å²) in [7, 11) is 0. The lowest BCUT2D eigenvalue weighted by Crippen LogP contribution is -2.42. The second-order valence-electron chi connectivity index (χ2n) is 7.17. The van der Waals surface area contributed by atoms with E-state index < -0.39 is 0 Å². The molecule has 2 atom stereocenters. The molecule has 2 heterocycles. The summed E-state index contributed by atoms with van der Waals surface area (Å²) in [6.07, 6.45) is 1.12. The molecule has 0 aliphatic carbocycles. The first kappa shape index (κ1) is 18.9. The molecule has 0 saturated carbocycles. The van der Waals surface area contributed by atoms with E-state index >= 15 is 0 Å². The van der Waals surface area contributed by atoms with E-state index in [1.165, 1.54) is 6.92 Å². The van der Waals surface area contributed by atoms with E-state index in [1.807, 2.05) is 0 Å². The predicted octanol–water partition coefficient (Wildman–Crippen LogP) is 2.73. The number of hydrogen-bond donors (Lipinski definition) is 1. The molecule has 0 bridgehead atoms. The van der Waals surface area contributed by atoms with Crippen molar-refractivity contribution in [2.75, 3.05) is 18.4 Å². The van der Waals surface area contributed by atoms with Gasteiger partial charge in [-0.1, -0.05) is 19.0 Å². The first-order chi connectivity index (χ1) is 12.9. The monoisotopic (exact) mass is 372 g/mol. The van der Waals surface area contributed by atoms with E-state index in [2.05, 4.69) is 29.3 Å². The van der Waals surface area contributed by atoms with E-state index in [-0.39, 0.29) is 24.3 Å². The zero-order chi connectivity index (χ0) is 19.4. The van der Waals surface area contributed by atoms with Crippen LogP contribution in [-0.2, 0) is 11.4 Å². The second-order valence-corrected chi connectivity index (χ2v) is 7.17. The lowest BCUT2D eigenvalue weighted by atomic mass is 9.92. The molecule has 2 unspecified atom stereocenters. The van der Waals surface area contributed by atoms with Crippen LogP contribution in [0.1, 0.15) is 43.7 Å². The van der Waals surface area contributed by atoms with Gasteiger partial charge in [-0.3, -0.25) is 9.59 Å². The SMILES string of the molecule is CC(=O)Nc1ccc(OCc2noc(C(=O)N3CC(C)CC(C)C3)n2)cc1. The van der Waals surface area contributed by atoms with Crippen molar-refractivity contribution in [3.8, 4) is 5.75 Å². The number of nitrogens with one attached hydrogen (secondary N) is 1. The number of likely N-dealkylation sites (tertiary alicyclic amines) is 1. The van der Waals surface area contributed by atoms with Crippen LogP contribution in [0.4, 0.5) is 5.69 Å². The Morgan fingerprint density at radius 3 is 2.52 bits per heavy atom. The quantitative estimate of drug-likeness (QED) is 0.867. The van der Waals surface area contributed by atoms with Gasteiger partial charge in [0.15, 0.2) is 6.61 Å². The fourth-order valence-electron chi connectivity index (χ4n) is 3.35. The number of piperidine rings is 1. The van der Waals surface area contributed by atoms with Crippen molar-refractivity contribution in [2.45, 2.75) is 33.8 Å². The van der Waals surface area contributed by atoms with E-state index in [4.69, 9.17) is 9.26 Å². The Morgan fingerprint density at radius 1 is 1.22 bits per heavy atom. The molecule has 1 aliphatic rings. The van der Waals surface area contributed by atoms with E-state index in [1.54, 1.807) is 29.2 Å². The van der Waals surface area contributed by atoms with Gasteiger partial charge in [0.25, 0.3) is 0 Å². The van der Waals surface area contributed by atoms with Crippen LogP contribution >= 0.6 is 0 Å². The molecule has 1 N–H and O–H groups in total. The zero-order valence-corrected chi connectivity index (χ0v) is 15.8. The molecule has 3 rings (SSSR count). The molecule has 8 nitrogen and oxygen atoms in total. The van der Waals surface area contributed by atoms with Gasteiger partial charge < -0.3 is 19.5 Å². The van der Waals surface area contributed by atoms with Crippen LogP contribution in [0.15, 0.2) is 28.8 Å². The van der Waals surface area contributed by atoms with Gasteiger partial charge in [0.2, 0.25) is 11.7 Å². The Kier molecular flexibility index (Phi) is 5.73. The van der Waals surface area contributed by atoms with Crippen LogP contribution < -0.4 is 10.1 Å². The minimum atomic E-state index is -0.230. The topological polar surface area (TPSA) is 97.6 Å². The van der Waals surface area contributed by atoms with Gasteiger partial charge in [0.1, 0.15) is 5.75 Å². The smallest absolute Gasteiger partial charge is 0.316 e. The summed E-state index contributed by atoms with van der Waals surface area (Å²) < 4.78 is 10.7. The number of carbonyl (C=O) groups excluding carboxylic acids is 2. The van der Waals surface area contributed by atoms with Crippen LogP contribution in [0, 0.1) is 11.8 Å².